The van der Waals surface area contributed by atoms with Gasteiger partial charge < -0.3 is 24.1 Å². The van der Waals surface area contributed by atoms with Gasteiger partial charge in [0.25, 0.3) is 11.5 Å². The SMILES string of the molecule is CC(C)NNC(=O)c1ccncc1.Cc1nc2n(c(=O)c1CCN1CCC(c3noc4cc(F)ccc34)CC1)CCCC2.O=P(O)(O)O. The number of fused-ring (bicyclic) bond motifs is 2. The molecule has 0 radical (unpaired) electrons. The van der Waals surface area contributed by atoms with Crippen LogP contribution >= 0.6 is 7.82 Å². The van der Waals surface area contributed by atoms with Crippen LogP contribution in [0.15, 0.2) is 52.0 Å². The zero-order chi connectivity index (χ0) is 34.8. The molecule has 1 saturated heterocycles. The molecule has 0 unspecified atom stereocenters. The van der Waals surface area contributed by atoms with Crippen LogP contribution in [-0.2, 0) is 24.0 Å². The number of pyridine rings is 1. The number of aryl methyl sites for hydroxylation is 2. The van der Waals surface area contributed by atoms with Crippen molar-refractivity contribution < 1.29 is 33.0 Å². The van der Waals surface area contributed by atoms with E-state index in [1.54, 1.807) is 30.6 Å². The minimum absolute atomic E-state index is 0.142. The maximum absolute atomic E-state index is 13.4. The average Bonchev–Trinajstić information content (AvgIpc) is 3.47. The largest absolute Gasteiger partial charge is 0.466 e. The van der Waals surface area contributed by atoms with Crippen molar-refractivity contribution in [2.45, 2.75) is 77.8 Å². The summed E-state index contributed by atoms with van der Waals surface area (Å²) in [4.78, 5) is 56.8. The Morgan fingerprint density at radius 2 is 1.79 bits per heavy atom. The summed E-state index contributed by atoms with van der Waals surface area (Å²) in [6.45, 7) is 9.46. The summed E-state index contributed by atoms with van der Waals surface area (Å²) in [5.41, 5.74) is 9.39. The zero-order valence-electron chi connectivity index (χ0n) is 27.3. The molecule has 5 N–H and O–H groups in total. The molecule has 1 aromatic carbocycles. The number of benzene rings is 1. The number of nitrogens with one attached hydrogen (secondary N) is 2. The summed E-state index contributed by atoms with van der Waals surface area (Å²) < 4.78 is 29.5. The van der Waals surface area contributed by atoms with Crippen LogP contribution < -0.4 is 16.4 Å². The topological polar surface area (TPSA) is 196 Å². The zero-order valence-corrected chi connectivity index (χ0v) is 28.2. The second-order valence-electron chi connectivity index (χ2n) is 12.1. The molecular weight excluding hydrogens is 644 g/mol. The van der Waals surface area contributed by atoms with E-state index in [1.807, 2.05) is 25.3 Å². The molecule has 0 saturated carbocycles. The molecule has 0 bridgehead atoms. The van der Waals surface area contributed by atoms with Crippen LogP contribution in [0.25, 0.3) is 11.0 Å². The predicted molar refractivity (Wildman–Crippen MR) is 176 cm³/mol. The van der Waals surface area contributed by atoms with Crippen molar-refractivity contribution in [2.24, 2.45) is 0 Å². The van der Waals surface area contributed by atoms with Crippen LogP contribution in [0.4, 0.5) is 4.39 Å². The fourth-order valence-electron chi connectivity index (χ4n) is 5.73. The van der Waals surface area contributed by atoms with Gasteiger partial charge in [-0.3, -0.25) is 24.6 Å². The number of piperidine rings is 1. The van der Waals surface area contributed by atoms with Gasteiger partial charge >= 0.3 is 7.82 Å². The number of halogens is 1. The molecule has 5 heterocycles. The number of hydrogen-bond donors (Lipinski definition) is 5. The van der Waals surface area contributed by atoms with E-state index in [2.05, 4.69) is 25.9 Å². The molecule has 0 aliphatic carbocycles. The van der Waals surface area contributed by atoms with Gasteiger partial charge in [-0.1, -0.05) is 5.16 Å². The van der Waals surface area contributed by atoms with Gasteiger partial charge in [0.1, 0.15) is 11.6 Å². The van der Waals surface area contributed by atoms with E-state index in [4.69, 9.17) is 28.8 Å². The molecular formula is C32H43FN7O7P. The van der Waals surface area contributed by atoms with E-state index < -0.39 is 7.82 Å². The molecule has 2 aliphatic heterocycles. The summed E-state index contributed by atoms with van der Waals surface area (Å²) in [5.74, 6) is 0.831. The fourth-order valence-corrected chi connectivity index (χ4v) is 5.73. The van der Waals surface area contributed by atoms with Crippen molar-refractivity contribution in [2.75, 3.05) is 19.6 Å². The molecule has 6 rings (SSSR count). The third-order valence-corrected chi connectivity index (χ3v) is 8.11. The number of likely N-dealkylation sites (tertiary alicyclic amines) is 1. The number of phosphoric acid groups is 1. The molecule has 14 nitrogen and oxygen atoms in total. The van der Waals surface area contributed by atoms with Gasteiger partial charge in [0, 0.05) is 72.1 Å². The Labute approximate surface area is 277 Å². The lowest BCUT2D eigenvalue weighted by molar-refractivity contribution is 0.0927. The summed E-state index contributed by atoms with van der Waals surface area (Å²) >= 11 is 0. The van der Waals surface area contributed by atoms with Crippen molar-refractivity contribution in [3.05, 3.63) is 87.2 Å². The van der Waals surface area contributed by atoms with Crippen molar-refractivity contribution >= 4 is 24.7 Å². The van der Waals surface area contributed by atoms with Crippen LogP contribution in [0.2, 0.25) is 0 Å². The highest BCUT2D eigenvalue weighted by Gasteiger charge is 2.26. The molecule has 0 spiro atoms. The Kier molecular flexibility index (Phi) is 13.1. The van der Waals surface area contributed by atoms with Gasteiger partial charge in [-0.05, 0) is 90.2 Å². The third-order valence-electron chi connectivity index (χ3n) is 8.11. The standard InChI is InChI=1S/C23H27FN4O2.C9H13N3O.H3O4P/c1-15-18(23(29)28-10-3-2-4-21(28)25-15)9-13-27-11-7-16(8-12-27)22-19-6-5-17(24)14-20(19)30-26-22;1-7(2)11-12-9(13)8-3-5-10-6-4-8;1-5(2,3)4/h5-6,14,16H,2-4,7-13H2,1H3;3-7,11H,1-2H3,(H,12,13);(H3,1,2,3,4). The maximum atomic E-state index is 13.4. The van der Waals surface area contributed by atoms with Gasteiger partial charge in [-0.2, -0.15) is 0 Å². The quantitative estimate of drug-likeness (QED) is 0.141. The summed E-state index contributed by atoms with van der Waals surface area (Å²) in [7, 11) is -4.64. The Balaban J connectivity index is 0.000000240. The number of hydrogen-bond acceptors (Lipinski definition) is 9. The first-order valence-electron chi connectivity index (χ1n) is 15.9. The van der Waals surface area contributed by atoms with Crippen molar-refractivity contribution in [3.63, 3.8) is 0 Å². The predicted octanol–water partition coefficient (Wildman–Crippen LogP) is 3.39. The Hall–Kier alpha value is -3.85. The second-order valence-corrected chi connectivity index (χ2v) is 13.1. The number of carbonyl (C=O) groups excluding carboxylic acids is 1. The summed E-state index contributed by atoms with van der Waals surface area (Å²) in [5, 5.41) is 5.15. The van der Waals surface area contributed by atoms with Gasteiger partial charge in [0.15, 0.2) is 5.58 Å². The highest BCUT2D eigenvalue weighted by molar-refractivity contribution is 7.45. The Morgan fingerprint density at radius 3 is 2.46 bits per heavy atom. The minimum Gasteiger partial charge on any atom is -0.356 e. The monoisotopic (exact) mass is 687 g/mol. The number of rotatable bonds is 7. The number of carbonyl (C=O) groups is 1. The molecule has 48 heavy (non-hydrogen) atoms. The highest BCUT2D eigenvalue weighted by Crippen LogP contribution is 2.33. The number of hydrazine groups is 1. The van der Waals surface area contributed by atoms with Gasteiger partial charge in [-0.25, -0.2) is 19.4 Å². The van der Waals surface area contributed by atoms with E-state index >= 15 is 0 Å². The highest BCUT2D eigenvalue weighted by atomic mass is 31.2. The van der Waals surface area contributed by atoms with Gasteiger partial charge in [-0.15, -0.1) is 0 Å². The number of nitrogens with zero attached hydrogens (tertiary/aromatic N) is 5. The van der Waals surface area contributed by atoms with Crippen molar-refractivity contribution in [3.8, 4) is 0 Å². The van der Waals surface area contributed by atoms with Gasteiger partial charge in [0.05, 0.1) is 5.69 Å². The molecule has 260 valence electrons. The maximum Gasteiger partial charge on any atom is 0.466 e. The lowest BCUT2D eigenvalue weighted by Gasteiger charge is -2.31. The smallest absolute Gasteiger partial charge is 0.356 e. The van der Waals surface area contributed by atoms with Crippen LogP contribution in [0.3, 0.4) is 0 Å². The van der Waals surface area contributed by atoms with Crippen molar-refractivity contribution in [1.82, 2.24) is 35.4 Å². The van der Waals surface area contributed by atoms with E-state index in [-0.39, 0.29) is 23.3 Å². The van der Waals surface area contributed by atoms with Crippen LogP contribution in [-0.4, -0.2) is 70.9 Å². The summed E-state index contributed by atoms with van der Waals surface area (Å²) in [6.07, 6.45) is 8.99. The van der Waals surface area contributed by atoms with E-state index in [9.17, 15) is 14.0 Å². The lowest BCUT2D eigenvalue weighted by Crippen LogP contribution is -2.41. The molecule has 3 aromatic heterocycles. The third kappa shape index (κ3) is 10.8. The minimum atomic E-state index is -4.64. The lowest BCUT2D eigenvalue weighted by atomic mass is 9.91. The Morgan fingerprint density at radius 1 is 1.10 bits per heavy atom. The molecule has 1 amide bonds. The Bertz CT molecular complexity index is 1760. The molecule has 16 heteroatoms. The number of aromatic nitrogens is 4. The van der Waals surface area contributed by atoms with Gasteiger partial charge in [0.2, 0.25) is 0 Å². The molecule has 2 aliphatic rings. The average molecular weight is 688 g/mol. The number of amides is 1. The van der Waals surface area contributed by atoms with E-state index in [0.717, 1.165) is 92.9 Å². The first kappa shape index (κ1) is 37.0. The van der Waals surface area contributed by atoms with Crippen LogP contribution in [0, 0.1) is 12.7 Å². The molecule has 0 atom stereocenters. The second kappa shape index (κ2) is 17.0. The first-order valence-corrected chi connectivity index (χ1v) is 17.5. The van der Waals surface area contributed by atoms with E-state index in [1.165, 1.54) is 12.1 Å². The fraction of sp³-hybridized carbons (Fsp3) is 0.469. The van der Waals surface area contributed by atoms with Crippen LogP contribution in [0.1, 0.15) is 78.6 Å². The van der Waals surface area contributed by atoms with Crippen LogP contribution in [0.5, 0.6) is 0 Å². The summed E-state index contributed by atoms with van der Waals surface area (Å²) in [6, 6.07) is 8.18. The molecule has 4 aromatic rings. The molecule has 1 fully saturated rings. The van der Waals surface area contributed by atoms with E-state index in [0.29, 0.717) is 17.1 Å². The normalized spacial score (nSPS) is 15.2. The van der Waals surface area contributed by atoms with Crippen molar-refractivity contribution in [1.29, 1.82) is 0 Å². The first-order chi connectivity index (χ1) is 22.8.